The predicted octanol–water partition coefficient (Wildman–Crippen LogP) is 1.28. The fourth-order valence-electron chi connectivity index (χ4n) is 1.57. The zero-order chi connectivity index (χ0) is 13.5. The maximum Gasteiger partial charge on any atom is 0.315 e. The van der Waals surface area contributed by atoms with Gasteiger partial charge in [0, 0.05) is 18.7 Å². The van der Waals surface area contributed by atoms with Crippen molar-refractivity contribution in [2.75, 3.05) is 20.3 Å². The quantitative estimate of drug-likeness (QED) is 0.837. The van der Waals surface area contributed by atoms with Crippen molar-refractivity contribution in [2.24, 2.45) is 0 Å². The van der Waals surface area contributed by atoms with Crippen molar-refractivity contribution in [1.82, 2.24) is 4.90 Å². The van der Waals surface area contributed by atoms with Gasteiger partial charge in [0.2, 0.25) is 0 Å². The first-order valence-electron chi connectivity index (χ1n) is 5.39. The lowest BCUT2D eigenvalue weighted by Gasteiger charge is -2.22. The van der Waals surface area contributed by atoms with Crippen molar-refractivity contribution in [3.05, 3.63) is 29.8 Å². The first-order chi connectivity index (χ1) is 8.60. The molecule has 0 fully saturated rings. The van der Waals surface area contributed by atoms with Crippen molar-refractivity contribution in [2.45, 2.75) is 13.0 Å². The molecule has 0 saturated carbocycles. The molecule has 1 aromatic rings. The number of carbonyl (C=O) groups is 1. The van der Waals surface area contributed by atoms with Crippen molar-refractivity contribution < 1.29 is 23.4 Å². The number of carbonyl (C=O) groups excluding carboxylic acids is 1. The molecular weight excluding hydrogens is 244 g/mol. The third-order valence-corrected chi connectivity index (χ3v) is 2.42. The summed E-state index contributed by atoms with van der Waals surface area (Å²) in [5.74, 6) is -0.780. The van der Waals surface area contributed by atoms with E-state index in [2.05, 4.69) is 0 Å². The molecule has 1 amide bonds. The van der Waals surface area contributed by atoms with Crippen LogP contribution in [0.4, 0.5) is 8.78 Å². The molecule has 0 atom stereocenters. The van der Waals surface area contributed by atoms with Crippen molar-refractivity contribution >= 4 is 5.91 Å². The van der Waals surface area contributed by atoms with E-state index in [1.807, 2.05) is 0 Å². The molecule has 1 aromatic carbocycles. The van der Waals surface area contributed by atoms with Crippen LogP contribution in [0.2, 0.25) is 0 Å². The molecule has 0 radical (unpaired) electrons. The highest BCUT2D eigenvalue weighted by Gasteiger charge is 2.23. The smallest absolute Gasteiger partial charge is 0.315 e. The summed E-state index contributed by atoms with van der Waals surface area (Å²) in [5.41, 5.74) is 0.613. The summed E-state index contributed by atoms with van der Waals surface area (Å²) < 4.78 is 29.8. The van der Waals surface area contributed by atoms with Gasteiger partial charge in [0.15, 0.2) is 0 Å². The van der Waals surface area contributed by atoms with Crippen LogP contribution in [-0.4, -0.2) is 42.6 Å². The fraction of sp³-hybridized carbons (Fsp3) is 0.417. The van der Waals surface area contributed by atoms with Crippen molar-refractivity contribution in [3.63, 3.8) is 0 Å². The van der Waals surface area contributed by atoms with Gasteiger partial charge in [-0.05, 0) is 6.07 Å². The Morgan fingerprint density at radius 3 is 2.67 bits per heavy atom. The molecule has 0 bridgehead atoms. The largest absolute Gasteiger partial charge is 0.496 e. The number of benzene rings is 1. The number of aliphatic hydroxyl groups excluding tert-OH is 1. The second kappa shape index (κ2) is 6.90. The predicted molar refractivity (Wildman–Crippen MR) is 61.5 cm³/mol. The molecule has 0 unspecified atom stereocenters. The number of ether oxygens (including phenoxy) is 1. The lowest BCUT2D eigenvalue weighted by molar-refractivity contribution is -0.144. The van der Waals surface area contributed by atoms with E-state index < -0.39 is 12.3 Å². The summed E-state index contributed by atoms with van der Waals surface area (Å²) in [5, 5.41) is 8.80. The third kappa shape index (κ3) is 3.66. The van der Waals surface area contributed by atoms with E-state index in [0.29, 0.717) is 11.3 Å². The molecule has 0 aliphatic heterocycles. The van der Waals surface area contributed by atoms with Gasteiger partial charge >= 0.3 is 6.43 Å². The van der Waals surface area contributed by atoms with E-state index in [0.717, 1.165) is 4.90 Å². The van der Waals surface area contributed by atoms with Gasteiger partial charge in [-0.15, -0.1) is 0 Å². The number of hydrogen-bond donors (Lipinski definition) is 1. The van der Waals surface area contributed by atoms with E-state index in [1.165, 1.54) is 7.11 Å². The van der Waals surface area contributed by atoms with E-state index in [9.17, 15) is 13.6 Å². The summed E-state index contributed by atoms with van der Waals surface area (Å²) in [4.78, 5) is 12.2. The summed E-state index contributed by atoms with van der Waals surface area (Å²) >= 11 is 0. The van der Waals surface area contributed by atoms with Gasteiger partial charge in [0.05, 0.1) is 13.7 Å². The van der Waals surface area contributed by atoms with Gasteiger partial charge in [-0.3, -0.25) is 4.79 Å². The molecule has 1 rings (SSSR count). The minimum Gasteiger partial charge on any atom is -0.496 e. The number of para-hydroxylation sites is 1. The maximum absolute atomic E-state index is 12.4. The fourth-order valence-corrected chi connectivity index (χ4v) is 1.57. The van der Waals surface area contributed by atoms with Crippen LogP contribution in [-0.2, 0) is 11.3 Å². The van der Waals surface area contributed by atoms with Gasteiger partial charge in [-0.1, -0.05) is 18.2 Å². The van der Waals surface area contributed by atoms with Gasteiger partial charge in [-0.25, -0.2) is 0 Å². The zero-order valence-electron chi connectivity index (χ0n) is 9.97. The zero-order valence-corrected chi connectivity index (χ0v) is 9.97. The van der Waals surface area contributed by atoms with Crippen LogP contribution in [0.5, 0.6) is 5.75 Å². The summed E-state index contributed by atoms with van der Waals surface area (Å²) in [6.45, 7) is -0.525. The molecule has 0 aromatic heterocycles. The second-order valence-corrected chi connectivity index (χ2v) is 3.60. The molecule has 18 heavy (non-hydrogen) atoms. The van der Waals surface area contributed by atoms with Crippen LogP contribution in [0.1, 0.15) is 5.56 Å². The van der Waals surface area contributed by atoms with Crippen LogP contribution < -0.4 is 4.74 Å². The lowest BCUT2D eigenvalue weighted by atomic mass is 10.2. The normalized spacial score (nSPS) is 10.5. The van der Waals surface area contributed by atoms with Gasteiger partial charge in [0.1, 0.15) is 5.75 Å². The molecule has 0 aliphatic rings. The standard InChI is InChI=1S/C12H15F2NO3/c1-18-10-5-3-2-4-9(10)8-15(6-7-16)12(17)11(13)14/h2-5,11,16H,6-8H2,1H3. The summed E-state index contributed by atoms with van der Waals surface area (Å²) in [7, 11) is 1.46. The number of alkyl halides is 2. The molecule has 6 heteroatoms. The first kappa shape index (κ1) is 14.4. The minimum atomic E-state index is -3.08. The first-order valence-corrected chi connectivity index (χ1v) is 5.39. The monoisotopic (exact) mass is 259 g/mol. The number of halogens is 2. The van der Waals surface area contributed by atoms with Crippen LogP contribution >= 0.6 is 0 Å². The van der Waals surface area contributed by atoms with Crippen LogP contribution in [0.3, 0.4) is 0 Å². The van der Waals surface area contributed by atoms with Crippen molar-refractivity contribution in [3.8, 4) is 5.75 Å². The number of hydrogen-bond acceptors (Lipinski definition) is 3. The average Bonchev–Trinajstić information content (AvgIpc) is 2.37. The SMILES string of the molecule is COc1ccccc1CN(CCO)C(=O)C(F)F. The maximum atomic E-state index is 12.4. The summed E-state index contributed by atoms with van der Waals surface area (Å²) in [6, 6.07) is 6.83. The Morgan fingerprint density at radius 1 is 1.44 bits per heavy atom. The van der Waals surface area contributed by atoms with E-state index in [4.69, 9.17) is 9.84 Å². The lowest BCUT2D eigenvalue weighted by Crippen LogP contribution is -2.37. The minimum absolute atomic E-state index is 0.0201. The highest BCUT2D eigenvalue weighted by molar-refractivity contribution is 5.79. The molecule has 0 saturated heterocycles. The number of methoxy groups -OCH3 is 1. The Bertz CT molecular complexity index is 399. The van der Waals surface area contributed by atoms with E-state index in [-0.39, 0.29) is 19.7 Å². The summed E-state index contributed by atoms with van der Waals surface area (Å²) in [6.07, 6.45) is -3.08. The topological polar surface area (TPSA) is 49.8 Å². The van der Waals surface area contributed by atoms with Gasteiger partial charge < -0.3 is 14.7 Å². The molecule has 0 aliphatic carbocycles. The van der Waals surface area contributed by atoms with Gasteiger partial charge in [-0.2, -0.15) is 8.78 Å². The molecule has 0 spiro atoms. The highest BCUT2D eigenvalue weighted by atomic mass is 19.3. The van der Waals surface area contributed by atoms with Crippen LogP contribution in [0.25, 0.3) is 0 Å². The molecule has 0 heterocycles. The molecule has 1 N–H and O–H groups in total. The third-order valence-electron chi connectivity index (χ3n) is 2.42. The Labute approximate surface area is 104 Å². The Morgan fingerprint density at radius 2 is 2.11 bits per heavy atom. The van der Waals surface area contributed by atoms with E-state index >= 15 is 0 Å². The Balaban J connectivity index is 2.86. The van der Waals surface area contributed by atoms with Crippen molar-refractivity contribution in [1.29, 1.82) is 0 Å². The highest BCUT2D eigenvalue weighted by Crippen LogP contribution is 2.19. The Hall–Kier alpha value is -1.69. The average molecular weight is 259 g/mol. The molecule has 100 valence electrons. The Kier molecular flexibility index (Phi) is 5.51. The van der Waals surface area contributed by atoms with Crippen LogP contribution in [0, 0.1) is 0 Å². The number of aliphatic hydroxyl groups is 1. The molecule has 4 nitrogen and oxygen atoms in total. The number of nitrogens with zero attached hydrogens (tertiary/aromatic N) is 1. The van der Waals surface area contributed by atoms with Gasteiger partial charge in [0.25, 0.3) is 5.91 Å². The van der Waals surface area contributed by atoms with E-state index in [1.54, 1.807) is 24.3 Å². The number of rotatable bonds is 6. The van der Waals surface area contributed by atoms with Crippen LogP contribution in [0.15, 0.2) is 24.3 Å². The second-order valence-electron chi connectivity index (χ2n) is 3.60. The molecular formula is C12H15F2NO3. The number of amides is 1.